The van der Waals surface area contributed by atoms with Crippen LogP contribution >= 0.6 is 11.6 Å². The zero-order chi connectivity index (χ0) is 19.0. The summed E-state index contributed by atoms with van der Waals surface area (Å²) in [5, 5.41) is 0.589. The number of ether oxygens (including phenoxy) is 1. The molecule has 0 unspecified atom stereocenters. The second kappa shape index (κ2) is 6.72. The van der Waals surface area contributed by atoms with E-state index in [1.54, 1.807) is 34.9 Å². The Labute approximate surface area is 161 Å². The molecule has 27 heavy (non-hydrogen) atoms. The van der Waals surface area contributed by atoms with Gasteiger partial charge in [0.05, 0.1) is 12.0 Å². The van der Waals surface area contributed by atoms with Crippen LogP contribution in [0.5, 0.6) is 5.75 Å². The van der Waals surface area contributed by atoms with Gasteiger partial charge in [0.2, 0.25) is 9.84 Å². The largest absolute Gasteiger partial charge is 0.497 e. The minimum atomic E-state index is -3.84. The first-order valence-electron chi connectivity index (χ1n) is 8.13. The number of hydrogen-bond donors (Lipinski definition) is 0. The van der Waals surface area contributed by atoms with Crippen molar-refractivity contribution in [1.29, 1.82) is 0 Å². The van der Waals surface area contributed by atoms with Crippen LogP contribution in [-0.2, 0) is 9.84 Å². The van der Waals surface area contributed by atoms with Crippen molar-refractivity contribution in [2.75, 3.05) is 7.11 Å². The van der Waals surface area contributed by atoms with E-state index in [0.717, 1.165) is 0 Å². The third-order valence-corrected chi connectivity index (χ3v) is 6.24. The summed E-state index contributed by atoms with van der Waals surface area (Å²) in [6.45, 7) is 0. The number of rotatable bonds is 4. The lowest BCUT2D eigenvalue weighted by Gasteiger charge is -2.08. The molecular formula is C20H15ClN2O3S. The molecule has 0 radical (unpaired) electrons. The van der Waals surface area contributed by atoms with Crippen LogP contribution in [0.4, 0.5) is 0 Å². The lowest BCUT2D eigenvalue weighted by molar-refractivity contribution is 0.414. The van der Waals surface area contributed by atoms with E-state index >= 15 is 0 Å². The molecular weight excluding hydrogens is 384 g/mol. The second-order valence-electron chi connectivity index (χ2n) is 5.88. The molecule has 0 spiro atoms. The quantitative estimate of drug-likeness (QED) is 0.508. The van der Waals surface area contributed by atoms with E-state index in [4.69, 9.17) is 16.3 Å². The molecule has 5 nitrogen and oxygen atoms in total. The second-order valence-corrected chi connectivity index (χ2v) is 8.19. The number of fused-ring (bicyclic) bond motifs is 1. The molecule has 0 bridgehead atoms. The maximum Gasteiger partial charge on any atom is 0.224 e. The van der Waals surface area contributed by atoms with Crippen LogP contribution in [0.25, 0.3) is 16.9 Å². The summed E-state index contributed by atoms with van der Waals surface area (Å²) in [6, 6.07) is 18.8. The van der Waals surface area contributed by atoms with E-state index in [2.05, 4.69) is 4.98 Å². The van der Waals surface area contributed by atoms with Crippen molar-refractivity contribution >= 4 is 27.1 Å². The zero-order valence-electron chi connectivity index (χ0n) is 14.3. The smallest absolute Gasteiger partial charge is 0.224 e. The Morgan fingerprint density at radius 2 is 1.70 bits per heavy atom. The van der Waals surface area contributed by atoms with Crippen molar-refractivity contribution in [3.63, 3.8) is 0 Å². The zero-order valence-corrected chi connectivity index (χ0v) is 15.9. The molecule has 2 heterocycles. The van der Waals surface area contributed by atoms with Gasteiger partial charge in [-0.1, -0.05) is 41.9 Å². The van der Waals surface area contributed by atoms with E-state index in [1.165, 1.54) is 19.2 Å². The molecule has 0 atom stereocenters. The summed E-state index contributed by atoms with van der Waals surface area (Å²) in [6.07, 6.45) is 1.62. The average molecular weight is 399 g/mol. The van der Waals surface area contributed by atoms with E-state index < -0.39 is 9.84 Å². The molecule has 4 aromatic rings. The van der Waals surface area contributed by atoms with Gasteiger partial charge in [0.1, 0.15) is 17.1 Å². The van der Waals surface area contributed by atoms with E-state index in [9.17, 15) is 8.42 Å². The molecule has 0 aliphatic carbocycles. The van der Waals surface area contributed by atoms with Gasteiger partial charge in [-0.15, -0.1) is 0 Å². The maximum absolute atomic E-state index is 13.5. The number of aromatic nitrogens is 2. The van der Waals surface area contributed by atoms with Gasteiger partial charge in [0.15, 0.2) is 5.03 Å². The van der Waals surface area contributed by atoms with Gasteiger partial charge in [0, 0.05) is 22.8 Å². The van der Waals surface area contributed by atoms with Crippen LogP contribution in [-0.4, -0.2) is 24.9 Å². The van der Waals surface area contributed by atoms with Crippen LogP contribution in [0.15, 0.2) is 82.8 Å². The van der Waals surface area contributed by atoms with Crippen molar-refractivity contribution in [3.05, 3.63) is 77.9 Å². The van der Waals surface area contributed by atoms with Gasteiger partial charge < -0.3 is 4.74 Å². The van der Waals surface area contributed by atoms with Crippen LogP contribution in [0.2, 0.25) is 5.02 Å². The fraction of sp³-hybridized carbons (Fsp3) is 0.0500. The SMILES string of the molecule is COc1ccc(S(=O)(=O)c2c(-c3ccccc3)nc3cc(Cl)ccn23)cc1. The number of methoxy groups -OCH3 is 1. The highest BCUT2D eigenvalue weighted by atomic mass is 35.5. The van der Waals surface area contributed by atoms with Gasteiger partial charge in [-0.25, -0.2) is 13.4 Å². The number of sulfone groups is 1. The monoisotopic (exact) mass is 398 g/mol. The molecule has 2 aromatic carbocycles. The Balaban J connectivity index is 2.01. The Bertz CT molecular complexity index is 1220. The van der Waals surface area contributed by atoms with Crippen LogP contribution in [0, 0.1) is 0 Å². The molecule has 0 amide bonds. The average Bonchev–Trinajstić information content (AvgIpc) is 3.08. The number of benzene rings is 2. The van der Waals surface area contributed by atoms with Gasteiger partial charge in [0.25, 0.3) is 0 Å². The van der Waals surface area contributed by atoms with Crippen molar-refractivity contribution in [2.45, 2.75) is 9.92 Å². The first-order chi connectivity index (χ1) is 13.0. The van der Waals surface area contributed by atoms with E-state index in [-0.39, 0.29) is 9.92 Å². The van der Waals surface area contributed by atoms with Crippen molar-refractivity contribution in [3.8, 4) is 17.0 Å². The lowest BCUT2D eigenvalue weighted by Crippen LogP contribution is -2.07. The number of pyridine rings is 1. The predicted octanol–water partition coefficient (Wildman–Crippen LogP) is 4.50. The molecule has 4 rings (SSSR count). The van der Waals surface area contributed by atoms with Crippen LogP contribution < -0.4 is 4.74 Å². The summed E-state index contributed by atoms with van der Waals surface area (Å²) in [5.41, 5.74) is 1.56. The van der Waals surface area contributed by atoms with Crippen LogP contribution in [0.3, 0.4) is 0 Å². The number of hydrogen-bond acceptors (Lipinski definition) is 4. The third-order valence-electron chi connectivity index (χ3n) is 4.22. The van der Waals surface area contributed by atoms with Crippen molar-refractivity contribution in [2.24, 2.45) is 0 Å². The van der Waals surface area contributed by atoms with Gasteiger partial charge in [-0.3, -0.25) is 4.40 Å². The Morgan fingerprint density at radius 3 is 2.37 bits per heavy atom. The Kier molecular flexibility index (Phi) is 4.37. The summed E-state index contributed by atoms with van der Waals surface area (Å²) < 4.78 is 33.6. The van der Waals surface area contributed by atoms with Crippen molar-refractivity contribution < 1.29 is 13.2 Å². The topological polar surface area (TPSA) is 60.7 Å². The molecule has 0 aliphatic heterocycles. The molecule has 136 valence electrons. The standard InChI is InChI=1S/C20H15ClN2O3S/c1-26-16-7-9-17(10-8-16)27(24,25)20-19(14-5-3-2-4-6-14)22-18-13-15(21)11-12-23(18)20/h2-13H,1H3. The molecule has 0 saturated heterocycles. The highest BCUT2D eigenvalue weighted by Crippen LogP contribution is 2.33. The summed E-state index contributed by atoms with van der Waals surface area (Å²) >= 11 is 6.07. The normalized spacial score (nSPS) is 11.6. The summed E-state index contributed by atoms with van der Waals surface area (Å²) in [4.78, 5) is 4.71. The lowest BCUT2D eigenvalue weighted by atomic mass is 10.2. The molecule has 7 heteroatoms. The first-order valence-corrected chi connectivity index (χ1v) is 9.99. The first kappa shape index (κ1) is 17.6. The highest BCUT2D eigenvalue weighted by molar-refractivity contribution is 7.91. The molecule has 0 saturated carbocycles. The van der Waals surface area contributed by atoms with Gasteiger partial charge >= 0.3 is 0 Å². The summed E-state index contributed by atoms with van der Waals surface area (Å²) in [7, 11) is -2.30. The molecule has 2 aromatic heterocycles. The number of nitrogens with zero attached hydrogens (tertiary/aromatic N) is 2. The van der Waals surface area contributed by atoms with E-state index in [1.807, 2.05) is 30.3 Å². The van der Waals surface area contributed by atoms with Gasteiger partial charge in [-0.05, 0) is 30.3 Å². The number of halogens is 1. The number of imidazole rings is 1. The fourth-order valence-electron chi connectivity index (χ4n) is 2.90. The minimum absolute atomic E-state index is 0.102. The molecule has 0 fully saturated rings. The highest BCUT2D eigenvalue weighted by Gasteiger charge is 2.28. The Hall–Kier alpha value is -2.83. The van der Waals surface area contributed by atoms with E-state index in [0.29, 0.717) is 27.7 Å². The fourth-order valence-corrected chi connectivity index (χ4v) is 4.61. The molecule has 0 aliphatic rings. The van der Waals surface area contributed by atoms with Crippen molar-refractivity contribution in [1.82, 2.24) is 9.38 Å². The Morgan fingerprint density at radius 1 is 1.00 bits per heavy atom. The van der Waals surface area contributed by atoms with Crippen LogP contribution in [0.1, 0.15) is 0 Å². The minimum Gasteiger partial charge on any atom is -0.497 e. The van der Waals surface area contributed by atoms with Gasteiger partial charge in [-0.2, -0.15) is 0 Å². The maximum atomic E-state index is 13.5. The summed E-state index contributed by atoms with van der Waals surface area (Å²) in [5.74, 6) is 0.585. The molecule has 0 N–H and O–H groups in total. The predicted molar refractivity (Wildman–Crippen MR) is 104 cm³/mol. The third kappa shape index (κ3) is 3.07.